The van der Waals surface area contributed by atoms with Crippen LogP contribution in [0.1, 0.15) is 11.4 Å². The van der Waals surface area contributed by atoms with Crippen LogP contribution in [0.25, 0.3) is 16.7 Å². The molecule has 0 spiro atoms. The van der Waals surface area contributed by atoms with E-state index in [2.05, 4.69) is 15.1 Å². The van der Waals surface area contributed by atoms with Gasteiger partial charge >= 0.3 is 0 Å². The maximum atomic E-state index is 12.7. The quantitative estimate of drug-likeness (QED) is 0.476. The summed E-state index contributed by atoms with van der Waals surface area (Å²) in [6.07, 6.45) is 0.314. The van der Waals surface area contributed by atoms with Crippen LogP contribution < -0.4 is 5.56 Å². The maximum Gasteiger partial charge on any atom is 0.262 e. The number of hydrogen-bond donors (Lipinski definition) is 0. The van der Waals surface area contributed by atoms with Gasteiger partial charge in [-0.15, -0.1) is 10.2 Å². The number of rotatable bonds is 4. The minimum atomic E-state index is -0.0855. The molecule has 5 rings (SSSR count). The van der Waals surface area contributed by atoms with Gasteiger partial charge in [0, 0.05) is 38.2 Å². The summed E-state index contributed by atoms with van der Waals surface area (Å²) in [4.78, 5) is 29.5. The SMILES string of the molecule is Cn1c(=O)c2ccccc2n2c(CN3CCN(C(=O)Cc4ccccc4Cl)CC3)nnc12. The lowest BCUT2D eigenvalue weighted by atomic mass is 10.1. The lowest BCUT2D eigenvalue weighted by Gasteiger charge is -2.34. The number of piperazine rings is 1. The van der Waals surface area contributed by atoms with Gasteiger partial charge in [0.2, 0.25) is 11.7 Å². The molecule has 1 saturated heterocycles. The van der Waals surface area contributed by atoms with Crippen LogP contribution in [-0.4, -0.2) is 61.1 Å². The first-order valence-corrected chi connectivity index (χ1v) is 11.0. The van der Waals surface area contributed by atoms with Crippen molar-refractivity contribution in [1.82, 2.24) is 29.0 Å². The Labute approximate surface area is 189 Å². The number of aromatic nitrogens is 4. The summed E-state index contributed by atoms with van der Waals surface area (Å²) >= 11 is 6.20. The molecule has 1 aliphatic heterocycles. The lowest BCUT2D eigenvalue weighted by Crippen LogP contribution is -2.48. The van der Waals surface area contributed by atoms with Crippen molar-refractivity contribution in [3.05, 3.63) is 75.3 Å². The largest absolute Gasteiger partial charge is 0.340 e. The van der Waals surface area contributed by atoms with E-state index in [0.29, 0.717) is 42.2 Å². The highest BCUT2D eigenvalue weighted by Crippen LogP contribution is 2.18. The molecule has 1 fully saturated rings. The first-order chi connectivity index (χ1) is 15.5. The van der Waals surface area contributed by atoms with Gasteiger partial charge in [-0.25, -0.2) is 0 Å². The summed E-state index contributed by atoms with van der Waals surface area (Å²) in [5, 5.41) is 9.91. The first-order valence-electron chi connectivity index (χ1n) is 10.6. The summed E-state index contributed by atoms with van der Waals surface area (Å²) in [5.74, 6) is 1.39. The van der Waals surface area contributed by atoms with Crippen molar-refractivity contribution in [2.24, 2.45) is 7.05 Å². The molecule has 0 atom stereocenters. The van der Waals surface area contributed by atoms with Crippen LogP contribution in [0.2, 0.25) is 5.02 Å². The van der Waals surface area contributed by atoms with E-state index in [-0.39, 0.29) is 11.5 Å². The second-order valence-corrected chi connectivity index (χ2v) is 8.47. The molecule has 0 unspecified atom stereocenters. The zero-order valence-electron chi connectivity index (χ0n) is 17.7. The van der Waals surface area contributed by atoms with Crippen LogP contribution in [0.4, 0.5) is 0 Å². The Morgan fingerprint density at radius 3 is 2.50 bits per heavy atom. The van der Waals surface area contributed by atoms with E-state index < -0.39 is 0 Å². The Hall–Kier alpha value is -3.23. The Morgan fingerprint density at radius 2 is 1.72 bits per heavy atom. The second-order valence-electron chi connectivity index (χ2n) is 8.06. The zero-order chi connectivity index (χ0) is 22.2. The third kappa shape index (κ3) is 3.65. The lowest BCUT2D eigenvalue weighted by molar-refractivity contribution is -0.132. The number of carbonyl (C=O) groups is 1. The van der Waals surface area contributed by atoms with Gasteiger partial charge in [-0.05, 0) is 23.8 Å². The van der Waals surface area contributed by atoms with Crippen LogP contribution in [-0.2, 0) is 24.8 Å². The Bertz CT molecular complexity index is 1370. The molecule has 8 nitrogen and oxygen atoms in total. The average Bonchev–Trinajstić information content (AvgIpc) is 3.23. The van der Waals surface area contributed by atoms with Gasteiger partial charge in [0.15, 0.2) is 5.82 Å². The van der Waals surface area contributed by atoms with E-state index in [1.165, 1.54) is 4.57 Å². The number of nitrogens with zero attached hydrogens (tertiary/aromatic N) is 6. The van der Waals surface area contributed by atoms with Crippen molar-refractivity contribution in [3.63, 3.8) is 0 Å². The smallest absolute Gasteiger partial charge is 0.262 e. The fraction of sp³-hybridized carbons (Fsp3) is 0.304. The highest BCUT2D eigenvalue weighted by atomic mass is 35.5. The number of halogens is 1. The van der Waals surface area contributed by atoms with Crippen molar-refractivity contribution >= 4 is 34.2 Å². The third-order valence-electron chi connectivity index (χ3n) is 6.08. The predicted octanol–water partition coefficient (Wildman–Crippen LogP) is 2.12. The van der Waals surface area contributed by atoms with Crippen LogP contribution in [0.5, 0.6) is 0 Å². The molecule has 4 aromatic rings. The minimum Gasteiger partial charge on any atom is -0.340 e. The van der Waals surface area contributed by atoms with Crippen LogP contribution in [0.3, 0.4) is 0 Å². The molecule has 2 aromatic heterocycles. The summed E-state index contributed by atoms with van der Waals surface area (Å²) in [6.45, 7) is 3.38. The number of amides is 1. The average molecular weight is 451 g/mol. The monoisotopic (exact) mass is 450 g/mol. The summed E-state index contributed by atoms with van der Waals surface area (Å²) in [5.41, 5.74) is 1.57. The normalized spacial score (nSPS) is 15.0. The van der Waals surface area contributed by atoms with Gasteiger partial charge in [0.25, 0.3) is 5.56 Å². The Kier molecular flexibility index (Phi) is 5.40. The van der Waals surface area contributed by atoms with Crippen LogP contribution in [0.15, 0.2) is 53.3 Å². The molecule has 1 amide bonds. The fourth-order valence-electron chi connectivity index (χ4n) is 4.27. The minimum absolute atomic E-state index is 0.0855. The molecular formula is C23H23ClN6O2. The highest BCUT2D eigenvalue weighted by molar-refractivity contribution is 6.31. The molecule has 0 aliphatic carbocycles. The number of hydrogen-bond acceptors (Lipinski definition) is 5. The Balaban J connectivity index is 1.31. The maximum absolute atomic E-state index is 12.7. The van der Waals surface area contributed by atoms with Crippen molar-refractivity contribution in [2.45, 2.75) is 13.0 Å². The Morgan fingerprint density at radius 1 is 1.00 bits per heavy atom. The van der Waals surface area contributed by atoms with E-state index in [1.54, 1.807) is 7.05 Å². The van der Waals surface area contributed by atoms with Crippen molar-refractivity contribution in [1.29, 1.82) is 0 Å². The topological polar surface area (TPSA) is 75.7 Å². The van der Waals surface area contributed by atoms with Crippen LogP contribution >= 0.6 is 11.6 Å². The standard InChI is InChI=1S/C23H23ClN6O2/c1-27-22(32)17-7-3-5-9-19(17)30-20(25-26-23(27)30)15-28-10-12-29(13-11-28)21(31)14-16-6-2-4-8-18(16)24/h2-9H,10-15H2,1H3. The van der Waals surface area contributed by atoms with Crippen molar-refractivity contribution < 1.29 is 4.79 Å². The molecule has 0 N–H and O–H groups in total. The number of para-hydroxylation sites is 1. The zero-order valence-corrected chi connectivity index (χ0v) is 18.5. The molecule has 32 heavy (non-hydrogen) atoms. The summed E-state index contributed by atoms with van der Waals surface area (Å²) < 4.78 is 3.48. The van der Waals surface area contributed by atoms with E-state index >= 15 is 0 Å². The molecule has 0 bridgehead atoms. The van der Waals surface area contributed by atoms with Gasteiger partial charge in [-0.3, -0.25) is 23.5 Å². The molecule has 0 saturated carbocycles. The van der Waals surface area contributed by atoms with Crippen molar-refractivity contribution in [2.75, 3.05) is 26.2 Å². The van der Waals surface area contributed by atoms with Gasteiger partial charge in [0.1, 0.15) is 0 Å². The summed E-state index contributed by atoms with van der Waals surface area (Å²) in [7, 11) is 1.71. The first kappa shape index (κ1) is 20.7. The van der Waals surface area contributed by atoms with Gasteiger partial charge in [-0.1, -0.05) is 41.9 Å². The number of aryl methyl sites for hydroxylation is 1. The van der Waals surface area contributed by atoms with E-state index in [9.17, 15) is 9.59 Å². The van der Waals surface area contributed by atoms with Crippen LogP contribution in [0, 0.1) is 0 Å². The number of carbonyl (C=O) groups excluding carboxylic acids is 1. The molecule has 164 valence electrons. The molecule has 2 aromatic carbocycles. The molecule has 3 heterocycles. The van der Waals surface area contributed by atoms with Gasteiger partial charge in [-0.2, -0.15) is 0 Å². The number of benzene rings is 2. The van der Waals surface area contributed by atoms with E-state index in [1.807, 2.05) is 57.8 Å². The van der Waals surface area contributed by atoms with Gasteiger partial charge < -0.3 is 4.90 Å². The van der Waals surface area contributed by atoms with Crippen molar-refractivity contribution in [3.8, 4) is 0 Å². The van der Waals surface area contributed by atoms with E-state index in [4.69, 9.17) is 11.6 Å². The summed E-state index contributed by atoms with van der Waals surface area (Å²) in [6, 6.07) is 15.0. The highest BCUT2D eigenvalue weighted by Gasteiger charge is 2.23. The second kappa shape index (κ2) is 8.37. The number of fused-ring (bicyclic) bond motifs is 3. The molecule has 0 radical (unpaired) electrons. The third-order valence-corrected chi connectivity index (χ3v) is 6.45. The van der Waals surface area contributed by atoms with E-state index in [0.717, 1.165) is 30.0 Å². The molecule has 9 heteroatoms. The molecular weight excluding hydrogens is 428 g/mol. The van der Waals surface area contributed by atoms with Gasteiger partial charge in [0.05, 0.1) is 23.9 Å². The fourth-order valence-corrected chi connectivity index (χ4v) is 4.47. The predicted molar refractivity (Wildman–Crippen MR) is 123 cm³/mol. The molecule has 1 aliphatic rings.